The van der Waals surface area contributed by atoms with Crippen LogP contribution in [-0.4, -0.2) is 27.4 Å². The number of aromatic nitrogens is 2. The maximum Gasteiger partial charge on any atom is 0.295 e. The van der Waals surface area contributed by atoms with Gasteiger partial charge in [0.1, 0.15) is 5.69 Å². The number of hydrogen-bond acceptors (Lipinski definition) is 7. The van der Waals surface area contributed by atoms with E-state index in [1.165, 1.54) is 24.4 Å². The van der Waals surface area contributed by atoms with E-state index in [2.05, 4.69) is 25.5 Å². The van der Waals surface area contributed by atoms with Crippen molar-refractivity contribution in [3.8, 4) is 0 Å². The van der Waals surface area contributed by atoms with Gasteiger partial charge in [-0.15, -0.1) is 0 Å². The third-order valence-corrected chi connectivity index (χ3v) is 2.33. The standard InChI is InChI=1S/C11H9N5O4/c1-7-10(15-20-14-7)11(17)13-12-6-8-3-2-4-9(5-8)16(18)19/h2-6H,1H3,(H,13,17). The number of hydrazone groups is 1. The van der Waals surface area contributed by atoms with E-state index in [9.17, 15) is 14.9 Å². The summed E-state index contributed by atoms with van der Waals surface area (Å²) in [5.74, 6) is -0.578. The number of amides is 1. The van der Waals surface area contributed by atoms with E-state index >= 15 is 0 Å². The van der Waals surface area contributed by atoms with E-state index in [1.54, 1.807) is 13.0 Å². The molecule has 0 radical (unpaired) electrons. The molecule has 1 aromatic carbocycles. The highest BCUT2D eigenvalue weighted by molar-refractivity contribution is 5.93. The molecule has 0 fully saturated rings. The molecule has 0 unspecified atom stereocenters. The van der Waals surface area contributed by atoms with Gasteiger partial charge in [-0.05, 0) is 12.1 Å². The fourth-order valence-corrected chi connectivity index (χ4v) is 1.37. The number of hydrogen-bond donors (Lipinski definition) is 1. The first-order chi connectivity index (χ1) is 9.58. The molecule has 0 aliphatic rings. The van der Waals surface area contributed by atoms with Crippen LogP contribution >= 0.6 is 0 Å². The lowest BCUT2D eigenvalue weighted by Crippen LogP contribution is -2.19. The van der Waals surface area contributed by atoms with Crippen LogP contribution in [0.2, 0.25) is 0 Å². The van der Waals surface area contributed by atoms with Gasteiger partial charge in [-0.2, -0.15) is 5.10 Å². The Kier molecular flexibility index (Phi) is 3.80. The molecule has 0 spiro atoms. The molecule has 1 amide bonds. The zero-order valence-electron chi connectivity index (χ0n) is 10.3. The predicted molar refractivity (Wildman–Crippen MR) is 67.2 cm³/mol. The summed E-state index contributed by atoms with van der Waals surface area (Å²) in [6, 6.07) is 5.83. The molecule has 0 saturated heterocycles. The zero-order valence-corrected chi connectivity index (χ0v) is 10.3. The highest BCUT2D eigenvalue weighted by Crippen LogP contribution is 2.11. The van der Waals surface area contributed by atoms with E-state index in [4.69, 9.17) is 0 Å². The maximum absolute atomic E-state index is 11.6. The van der Waals surface area contributed by atoms with Crippen molar-refractivity contribution >= 4 is 17.8 Å². The van der Waals surface area contributed by atoms with Crippen LogP contribution in [0.4, 0.5) is 5.69 Å². The number of aryl methyl sites for hydroxylation is 1. The summed E-state index contributed by atoms with van der Waals surface area (Å²) in [4.78, 5) is 21.7. The molecule has 20 heavy (non-hydrogen) atoms. The monoisotopic (exact) mass is 275 g/mol. The first-order valence-electron chi connectivity index (χ1n) is 5.45. The van der Waals surface area contributed by atoms with E-state index in [1.807, 2.05) is 0 Å². The Morgan fingerprint density at radius 1 is 1.50 bits per heavy atom. The smallest absolute Gasteiger partial charge is 0.265 e. The van der Waals surface area contributed by atoms with E-state index in [0.717, 1.165) is 0 Å². The Morgan fingerprint density at radius 3 is 2.95 bits per heavy atom. The van der Waals surface area contributed by atoms with Crippen molar-refractivity contribution in [2.75, 3.05) is 0 Å². The van der Waals surface area contributed by atoms with E-state index in [0.29, 0.717) is 11.3 Å². The third kappa shape index (κ3) is 3.02. The Bertz CT molecular complexity index is 679. The maximum atomic E-state index is 11.6. The largest absolute Gasteiger partial charge is 0.295 e. The lowest BCUT2D eigenvalue weighted by atomic mass is 10.2. The highest BCUT2D eigenvalue weighted by atomic mass is 16.6. The molecule has 9 heteroatoms. The Balaban J connectivity index is 2.04. The van der Waals surface area contributed by atoms with Crippen LogP contribution in [0.25, 0.3) is 0 Å². The molecule has 1 aromatic heterocycles. The molecule has 9 nitrogen and oxygen atoms in total. The van der Waals surface area contributed by atoms with Crippen LogP contribution in [0.5, 0.6) is 0 Å². The molecule has 0 aliphatic carbocycles. The van der Waals surface area contributed by atoms with Gasteiger partial charge in [-0.1, -0.05) is 17.3 Å². The molecule has 1 N–H and O–H groups in total. The molecular weight excluding hydrogens is 266 g/mol. The van der Waals surface area contributed by atoms with Gasteiger partial charge in [0.05, 0.1) is 11.1 Å². The Morgan fingerprint density at radius 2 is 2.30 bits per heavy atom. The van der Waals surface area contributed by atoms with Crippen molar-refractivity contribution in [3.63, 3.8) is 0 Å². The number of nitro benzene ring substituents is 1. The fourth-order valence-electron chi connectivity index (χ4n) is 1.37. The number of benzene rings is 1. The summed E-state index contributed by atoms with van der Waals surface area (Å²) in [5, 5.41) is 21.2. The molecule has 2 rings (SSSR count). The number of carbonyl (C=O) groups excluding carboxylic acids is 1. The van der Waals surface area contributed by atoms with Gasteiger partial charge in [0.15, 0.2) is 5.69 Å². The van der Waals surface area contributed by atoms with Crippen LogP contribution in [0, 0.1) is 17.0 Å². The summed E-state index contributed by atoms with van der Waals surface area (Å²) in [7, 11) is 0. The number of nitrogens with one attached hydrogen (secondary N) is 1. The normalized spacial score (nSPS) is 10.7. The van der Waals surface area contributed by atoms with Crippen molar-refractivity contribution < 1.29 is 14.3 Å². The Labute approximate surface area is 112 Å². The number of carbonyl (C=O) groups is 1. The first-order valence-corrected chi connectivity index (χ1v) is 5.45. The summed E-state index contributed by atoms with van der Waals surface area (Å²) < 4.78 is 4.39. The van der Waals surface area contributed by atoms with Crippen LogP contribution in [0.15, 0.2) is 34.0 Å². The number of non-ortho nitro benzene ring substituents is 1. The number of rotatable bonds is 4. The van der Waals surface area contributed by atoms with Crippen LogP contribution in [0.1, 0.15) is 21.7 Å². The SMILES string of the molecule is Cc1nonc1C(=O)NN=Cc1cccc([N+](=O)[O-])c1. The minimum atomic E-state index is -0.578. The average Bonchev–Trinajstić information content (AvgIpc) is 2.85. The van der Waals surface area contributed by atoms with Gasteiger partial charge in [-0.25, -0.2) is 10.1 Å². The second-order valence-electron chi connectivity index (χ2n) is 3.75. The van der Waals surface area contributed by atoms with Crippen molar-refractivity contribution in [1.29, 1.82) is 0 Å². The molecule has 102 valence electrons. The minimum absolute atomic E-state index is 0.0289. The molecule has 1 heterocycles. The number of nitro groups is 1. The van der Waals surface area contributed by atoms with Gasteiger partial charge in [-0.3, -0.25) is 14.9 Å². The molecule has 0 bridgehead atoms. The van der Waals surface area contributed by atoms with Crippen LogP contribution < -0.4 is 5.43 Å². The quantitative estimate of drug-likeness (QED) is 0.505. The predicted octanol–water partition coefficient (Wildman–Crippen LogP) is 1.05. The molecule has 0 saturated carbocycles. The van der Waals surface area contributed by atoms with Crippen molar-refractivity contribution in [2.24, 2.45) is 5.10 Å². The first kappa shape index (κ1) is 13.3. The van der Waals surface area contributed by atoms with Crippen LogP contribution in [0.3, 0.4) is 0 Å². The second-order valence-corrected chi connectivity index (χ2v) is 3.75. The van der Waals surface area contributed by atoms with Gasteiger partial charge in [0.25, 0.3) is 11.6 Å². The lowest BCUT2D eigenvalue weighted by Gasteiger charge is -1.96. The van der Waals surface area contributed by atoms with Gasteiger partial charge in [0, 0.05) is 17.7 Å². The van der Waals surface area contributed by atoms with Gasteiger partial charge < -0.3 is 0 Å². The topological polar surface area (TPSA) is 124 Å². The van der Waals surface area contributed by atoms with Crippen molar-refractivity contribution in [2.45, 2.75) is 6.92 Å². The van der Waals surface area contributed by atoms with E-state index < -0.39 is 10.8 Å². The average molecular weight is 275 g/mol. The lowest BCUT2D eigenvalue weighted by molar-refractivity contribution is -0.384. The van der Waals surface area contributed by atoms with Crippen molar-refractivity contribution in [1.82, 2.24) is 15.7 Å². The van der Waals surface area contributed by atoms with E-state index in [-0.39, 0.29) is 11.4 Å². The van der Waals surface area contributed by atoms with Crippen LogP contribution in [-0.2, 0) is 0 Å². The summed E-state index contributed by atoms with van der Waals surface area (Å²) in [6.45, 7) is 1.57. The van der Waals surface area contributed by atoms with Crippen molar-refractivity contribution in [3.05, 3.63) is 51.3 Å². The fraction of sp³-hybridized carbons (Fsp3) is 0.0909. The van der Waals surface area contributed by atoms with Gasteiger partial charge >= 0.3 is 0 Å². The molecule has 0 atom stereocenters. The second kappa shape index (κ2) is 5.69. The highest BCUT2D eigenvalue weighted by Gasteiger charge is 2.13. The Hall–Kier alpha value is -3.10. The summed E-state index contributed by atoms with van der Waals surface area (Å²) in [6.07, 6.45) is 1.29. The van der Waals surface area contributed by atoms with Gasteiger partial charge in [0.2, 0.25) is 0 Å². The molecule has 0 aliphatic heterocycles. The summed E-state index contributed by atoms with van der Waals surface area (Å²) >= 11 is 0. The summed E-state index contributed by atoms with van der Waals surface area (Å²) in [5.41, 5.74) is 3.01. The minimum Gasteiger partial charge on any atom is -0.265 e. The third-order valence-electron chi connectivity index (χ3n) is 2.33. The number of nitrogens with zero attached hydrogens (tertiary/aromatic N) is 4. The molecular formula is C11H9N5O4. The molecule has 2 aromatic rings. The zero-order chi connectivity index (χ0) is 14.5.